The number of H-pyrrole nitrogens is 2. The highest BCUT2D eigenvalue weighted by Gasteiger charge is 2.19. The second-order valence-electron chi connectivity index (χ2n) is 4.41. The van der Waals surface area contributed by atoms with Crippen molar-refractivity contribution in [3.05, 3.63) is 26.4 Å². The summed E-state index contributed by atoms with van der Waals surface area (Å²) >= 11 is 0. The summed E-state index contributed by atoms with van der Waals surface area (Å²) in [5, 5.41) is 9.61. The highest BCUT2D eigenvalue weighted by atomic mass is 16.3. The number of hydrogen-bond acceptors (Lipinski definition) is 3. The summed E-state index contributed by atoms with van der Waals surface area (Å²) in [6.45, 7) is 6.07. The van der Waals surface area contributed by atoms with Gasteiger partial charge in [-0.2, -0.15) is 0 Å². The van der Waals surface area contributed by atoms with Crippen LogP contribution in [0.2, 0.25) is 0 Å². The van der Waals surface area contributed by atoms with Gasteiger partial charge in [0.2, 0.25) is 5.88 Å². The molecule has 1 heterocycles. The molecule has 1 unspecified atom stereocenters. The van der Waals surface area contributed by atoms with Crippen molar-refractivity contribution in [3.63, 3.8) is 0 Å². The van der Waals surface area contributed by atoms with Crippen LogP contribution in [0.5, 0.6) is 5.88 Å². The molecule has 1 aromatic rings. The molecule has 0 aliphatic heterocycles. The van der Waals surface area contributed by atoms with Crippen LogP contribution in [0, 0.1) is 5.92 Å². The number of hydrogen-bond donors (Lipinski definition) is 3. The highest BCUT2D eigenvalue weighted by Crippen LogP contribution is 2.28. The molecule has 0 saturated heterocycles. The van der Waals surface area contributed by atoms with Gasteiger partial charge in [-0.25, -0.2) is 4.79 Å². The van der Waals surface area contributed by atoms with E-state index in [1.54, 1.807) is 0 Å². The van der Waals surface area contributed by atoms with Crippen LogP contribution in [0.3, 0.4) is 0 Å². The third-order valence-electron chi connectivity index (χ3n) is 2.62. The molecule has 0 spiro atoms. The summed E-state index contributed by atoms with van der Waals surface area (Å²) in [5.41, 5.74) is -0.879. The van der Waals surface area contributed by atoms with E-state index in [0.29, 0.717) is 5.92 Å². The van der Waals surface area contributed by atoms with Crippen LogP contribution in [-0.4, -0.2) is 15.1 Å². The van der Waals surface area contributed by atoms with Gasteiger partial charge in [-0.3, -0.25) is 14.8 Å². The van der Waals surface area contributed by atoms with Crippen LogP contribution in [-0.2, 0) is 0 Å². The second-order valence-corrected chi connectivity index (χ2v) is 4.41. The average molecular weight is 226 g/mol. The monoisotopic (exact) mass is 226 g/mol. The summed E-state index contributed by atoms with van der Waals surface area (Å²) in [4.78, 5) is 26.9. The lowest BCUT2D eigenvalue weighted by molar-refractivity contribution is 0.414. The lowest BCUT2D eigenvalue weighted by Crippen LogP contribution is -2.27. The molecule has 1 atom stereocenters. The van der Waals surface area contributed by atoms with Crippen molar-refractivity contribution in [2.75, 3.05) is 0 Å². The van der Waals surface area contributed by atoms with Crippen molar-refractivity contribution < 1.29 is 5.11 Å². The van der Waals surface area contributed by atoms with Gasteiger partial charge in [0.25, 0.3) is 5.56 Å². The van der Waals surface area contributed by atoms with Gasteiger partial charge in [-0.15, -0.1) is 0 Å². The van der Waals surface area contributed by atoms with Gasteiger partial charge in [0.05, 0.1) is 5.56 Å². The topological polar surface area (TPSA) is 85.9 Å². The summed E-state index contributed by atoms with van der Waals surface area (Å²) in [7, 11) is 0. The summed E-state index contributed by atoms with van der Waals surface area (Å²) in [6.07, 6.45) is 1.56. The van der Waals surface area contributed by atoms with E-state index in [4.69, 9.17) is 0 Å². The number of aromatic amines is 2. The van der Waals surface area contributed by atoms with Crippen molar-refractivity contribution in [2.45, 2.75) is 39.5 Å². The summed E-state index contributed by atoms with van der Waals surface area (Å²) in [5.74, 6) is 0.0949. The lowest BCUT2D eigenvalue weighted by atomic mass is 9.89. The minimum atomic E-state index is -0.675. The molecular weight excluding hydrogens is 208 g/mol. The zero-order chi connectivity index (χ0) is 12.3. The maximum absolute atomic E-state index is 11.6. The molecular formula is C11H18N2O3. The average Bonchev–Trinajstić information content (AvgIpc) is 2.13. The van der Waals surface area contributed by atoms with Crippen LogP contribution in [0.15, 0.2) is 9.59 Å². The fourth-order valence-corrected chi connectivity index (χ4v) is 1.92. The third-order valence-corrected chi connectivity index (χ3v) is 2.62. The van der Waals surface area contributed by atoms with E-state index in [1.165, 1.54) is 0 Å². The Kier molecular flexibility index (Phi) is 3.93. The molecule has 0 bridgehead atoms. The fourth-order valence-electron chi connectivity index (χ4n) is 1.92. The van der Waals surface area contributed by atoms with Crippen molar-refractivity contribution in [2.24, 2.45) is 5.92 Å². The van der Waals surface area contributed by atoms with Crippen LogP contribution in [0.1, 0.15) is 45.1 Å². The van der Waals surface area contributed by atoms with Gasteiger partial charge in [0.1, 0.15) is 0 Å². The number of aromatic hydroxyl groups is 1. The molecule has 1 rings (SSSR count). The fraction of sp³-hybridized carbons (Fsp3) is 0.636. The molecule has 0 aliphatic rings. The smallest absolute Gasteiger partial charge is 0.328 e. The van der Waals surface area contributed by atoms with E-state index in [2.05, 4.69) is 23.8 Å². The third kappa shape index (κ3) is 2.74. The molecule has 0 aromatic carbocycles. The predicted octanol–water partition coefficient (Wildman–Crippen LogP) is 1.31. The van der Waals surface area contributed by atoms with E-state index < -0.39 is 11.2 Å². The Hall–Kier alpha value is -1.52. The largest absolute Gasteiger partial charge is 0.494 e. The highest BCUT2D eigenvalue weighted by molar-refractivity contribution is 5.25. The number of nitrogens with one attached hydrogen (secondary N) is 2. The Morgan fingerprint density at radius 3 is 2.31 bits per heavy atom. The van der Waals surface area contributed by atoms with Gasteiger partial charge in [0, 0.05) is 0 Å². The van der Waals surface area contributed by atoms with Crippen molar-refractivity contribution in [1.82, 2.24) is 9.97 Å². The molecule has 16 heavy (non-hydrogen) atoms. The second kappa shape index (κ2) is 5.01. The number of rotatable bonds is 4. The van der Waals surface area contributed by atoms with E-state index in [0.717, 1.165) is 12.8 Å². The van der Waals surface area contributed by atoms with Gasteiger partial charge in [-0.1, -0.05) is 20.8 Å². The molecule has 0 amide bonds. The van der Waals surface area contributed by atoms with E-state index in [9.17, 15) is 14.7 Å². The van der Waals surface area contributed by atoms with E-state index in [-0.39, 0.29) is 17.4 Å². The van der Waals surface area contributed by atoms with Gasteiger partial charge in [-0.05, 0) is 24.7 Å². The number of aromatic nitrogens is 2. The Bertz CT molecular complexity index is 459. The maximum atomic E-state index is 11.6. The van der Waals surface area contributed by atoms with Crippen molar-refractivity contribution in [1.29, 1.82) is 0 Å². The quantitative estimate of drug-likeness (QED) is 0.723. The molecule has 3 N–H and O–H groups in total. The first-order valence-electron chi connectivity index (χ1n) is 5.51. The minimum absolute atomic E-state index is 0.0272. The van der Waals surface area contributed by atoms with Gasteiger partial charge in [0.15, 0.2) is 0 Å². The maximum Gasteiger partial charge on any atom is 0.328 e. The molecule has 0 saturated carbocycles. The molecule has 0 aliphatic carbocycles. The van der Waals surface area contributed by atoms with Crippen LogP contribution in [0.25, 0.3) is 0 Å². The first-order chi connectivity index (χ1) is 7.45. The molecule has 0 fully saturated rings. The Labute approximate surface area is 93.5 Å². The standard InChI is InChI=1S/C11H18N2O3/c1-4-7(5-6(2)3)8-9(14)12-11(16)13-10(8)15/h6-7H,4-5H2,1-3H3,(H3,12,13,14,15,16). The van der Waals surface area contributed by atoms with E-state index in [1.807, 2.05) is 6.92 Å². The van der Waals surface area contributed by atoms with Gasteiger partial charge >= 0.3 is 5.69 Å². The first-order valence-corrected chi connectivity index (χ1v) is 5.51. The zero-order valence-electron chi connectivity index (χ0n) is 9.83. The normalized spacial score (nSPS) is 13.0. The Morgan fingerprint density at radius 1 is 1.25 bits per heavy atom. The van der Waals surface area contributed by atoms with Crippen LogP contribution < -0.4 is 11.2 Å². The van der Waals surface area contributed by atoms with E-state index >= 15 is 0 Å². The molecule has 0 radical (unpaired) electrons. The van der Waals surface area contributed by atoms with Crippen LogP contribution in [0.4, 0.5) is 0 Å². The Morgan fingerprint density at radius 2 is 1.88 bits per heavy atom. The lowest BCUT2D eigenvalue weighted by Gasteiger charge is -2.16. The summed E-state index contributed by atoms with van der Waals surface area (Å²) in [6, 6.07) is 0. The predicted molar refractivity (Wildman–Crippen MR) is 61.8 cm³/mol. The molecule has 5 nitrogen and oxygen atoms in total. The van der Waals surface area contributed by atoms with Gasteiger partial charge < -0.3 is 5.11 Å². The van der Waals surface area contributed by atoms with Crippen molar-refractivity contribution in [3.8, 4) is 5.88 Å². The zero-order valence-corrected chi connectivity index (χ0v) is 9.83. The minimum Gasteiger partial charge on any atom is -0.494 e. The first kappa shape index (κ1) is 12.5. The Balaban J connectivity index is 3.20. The molecule has 90 valence electrons. The van der Waals surface area contributed by atoms with Crippen LogP contribution >= 0.6 is 0 Å². The summed E-state index contributed by atoms with van der Waals surface area (Å²) < 4.78 is 0. The molecule has 1 aromatic heterocycles. The van der Waals surface area contributed by atoms with Crippen molar-refractivity contribution >= 4 is 0 Å². The SMILES string of the molecule is CCC(CC(C)C)c1c(O)[nH]c(=O)[nH]c1=O. The molecule has 5 heteroatoms.